The molecule has 2 rings (SSSR count). The molecule has 0 radical (unpaired) electrons. The van der Waals surface area contributed by atoms with E-state index in [0.717, 1.165) is 19.6 Å². The number of sulfonamides is 1. The Morgan fingerprint density at radius 3 is 2.75 bits per heavy atom. The molecule has 1 saturated heterocycles. The number of hydrogen-bond donors (Lipinski definition) is 1. The standard InChI is InChI=1S/C14H19N3O2S/c1-12(11-17-7-2-3-8-17)16-20(18,19)14-6-4-5-13(9-14)10-15/h4-6,9,12,16H,2-3,7-8,11H2,1H3. The number of nitrogens with one attached hydrogen (secondary N) is 1. The van der Waals surface area contributed by atoms with Gasteiger partial charge >= 0.3 is 0 Å². The SMILES string of the molecule is CC(CN1CCCC1)NS(=O)(=O)c1cccc(C#N)c1. The second-order valence-electron chi connectivity index (χ2n) is 5.17. The molecule has 20 heavy (non-hydrogen) atoms. The van der Waals surface area contributed by atoms with Crippen molar-refractivity contribution in [3.63, 3.8) is 0 Å². The zero-order valence-corrected chi connectivity index (χ0v) is 12.4. The van der Waals surface area contributed by atoms with Crippen molar-refractivity contribution in [1.29, 1.82) is 5.26 Å². The van der Waals surface area contributed by atoms with Crippen LogP contribution in [0.15, 0.2) is 29.2 Å². The van der Waals surface area contributed by atoms with E-state index in [2.05, 4.69) is 9.62 Å². The third-order valence-corrected chi connectivity index (χ3v) is 4.95. The van der Waals surface area contributed by atoms with E-state index >= 15 is 0 Å². The van der Waals surface area contributed by atoms with E-state index in [-0.39, 0.29) is 10.9 Å². The summed E-state index contributed by atoms with van der Waals surface area (Å²) in [6.45, 7) is 4.66. The molecule has 1 aliphatic rings. The molecule has 1 unspecified atom stereocenters. The largest absolute Gasteiger partial charge is 0.302 e. The van der Waals surface area contributed by atoms with Gasteiger partial charge in [-0.1, -0.05) is 6.07 Å². The second-order valence-corrected chi connectivity index (χ2v) is 6.88. The lowest BCUT2D eigenvalue weighted by Crippen LogP contribution is -2.41. The van der Waals surface area contributed by atoms with E-state index in [1.807, 2.05) is 13.0 Å². The molecule has 0 aromatic heterocycles. The molecule has 1 atom stereocenters. The number of hydrogen-bond acceptors (Lipinski definition) is 4. The van der Waals surface area contributed by atoms with Crippen molar-refractivity contribution in [2.45, 2.75) is 30.7 Å². The van der Waals surface area contributed by atoms with Crippen LogP contribution in [0.1, 0.15) is 25.3 Å². The summed E-state index contributed by atoms with van der Waals surface area (Å²) < 4.78 is 27.2. The van der Waals surface area contributed by atoms with Gasteiger partial charge in [-0.05, 0) is 51.1 Å². The van der Waals surface area contributed by atoms with Crippen LogP contribution in [0, 0.1) is 11.3 Å². The van der Waals surface area contributed by atoms with Gasteiger partial charge in [-0.3, -0.25) is 0 Å². The number of nitriles is 1. The van der Waals surface area contributed by atoms with Crippen LogP contribution in [0.3, 0.4) is 0 Å². The number of rotatable bonds is 5. The Kier molecular flexibility index (Phi) is 4.76. The topological polar surface area (TPSA) is 73.2 Å². The lowest BCUT2D eigenvalue weighted by molar-refractivity contribution is 0.313. The van der Waals surface area contributed by atoms with Crippen molar-refractivity contribution >= 4 is 10.0 Å². The molecule has 1 fully saturated rings. The van der Waals surface area contributed by atoms with Gasteiger partial charge < -0.3 is 4.90 Å². The van der Waals surface area contributed by atoms with Crippen molar-refractivity contribution in [2.24, 2.45) is 0 Å². The van der Waals surface area contributed by atoms with Crippen LogP contribution in [-0.2, 0) is 10.0 Å². The molecule has 1 aromatic carbocycles. The van der Waals surface area contributed by atoms with Gasteiger partial charge in [0.2, 0.25) is 10.0 Å². The van der Waals surface area contributed by atoms with E-state index in [0.29, 0.717) is 5.56 Å². The molecule has 1 aliphatic heterocycles. The Hall–Kier alpha value is -1.42. The molecular formula is C14H19N3O2S. The fourth-order valence-electron chi connectivity index (χ4n) is 2.46. The minimum atomic E-state index is -3.56. The van der Waals surface area contributed by atoms with Gasteiger partial charge in [0, 0.05) is 12.6 Å². The lowest BCUT2D eigenvalue weighted by atomic mass is 10.2. The average Bonchev–Trinajstić information content (AvgIpc) is 2.91. The highest BCUT2D eigenvalue weighted by Gasteiger charge is 2.20. The highest BCUT2D eigenvalue weighted by molar-refractivity contribution is 7.89. The molecule has 1 aromatic rings. The second kappa shape index (κ2) is 6.35. The molecule has 0 amide bonds. The Morgan fingerprint density at radius 1 is 1.40 bits per heavy atom. The van der Waals surface area contributed by atoms with E-state index < -0.39 is 10.0 Å². The maximum atomic E-state index is 12.2. The van der Waals surface area contributed by atoms with Crippen molar-refractivity contribution in [1.82, 2.24) is 9.62 Å². The van der Waals surface area contributed by atoms with Crippen molar-refractivity contribution in [2.75, 3.05) is 19.6 Å². The van der Waals surface area contributed by atoms with E-state index in [9.17, 15) is 8.42 Å². The van der Waals surface area contributed by atoms with Gasteiger partial charge in [0.15, 0.2) is 0 Å². The summed E-state index contributed by atoms with van der Waals surface area (Å²) in [6, 6.07) is 7.87. The summed E-state index contributed by atoms with van der Waals surface area (Å²) in [7, 11) is -3.56. The highest BCUT2D eigenvalue weighted by Crippen LogP contribution is 2.13. The molecule has 0 saturated carbocycles. The van der Waals surface area contributed by atoms with Crippen LogP contribution in [0.25, 0.3) is 0 Å². The van der Waals surface area contributed by atoms with E-state index in [4.69, 9.17) is 5.26 Å². The summed E-state index contributed by atoms with van der Waals surface area (Å²) in [5.41, 5.74) is 0.347. The molecule has 5 nitrogen and oxygen atoms in total. The van der Waals surface area contributed by atoms with Crippen LogP contribution in [0.2, 0.25) is 0 Å². The van der Waals surface area contributed by atoms with E-state index in [1.54, 1.807) is 12.1 Å². The smallest absolute Gasteiger partial charge is 0.240 e. The molecule has 0 spiro atoms. The number of likely N-dealkylation sites (tertiary alicyclic amines) is 1. The Labute approximate surface area is 120 Å². The highest BCUT2D eigenvalue weighted by atomic mass is 32.2. The van der Waals surface area contributed by atoms with Crippen LogP contribution in [0.5, 0.6) is 0 Å². The molecule has 0 aliphatic carbocycles. The van der Waals surface area contributed by atoms with Crippen LogP contribution < -0.4 is 4.72 Å². The Balaban J connectivity index is 2.04. The third kappa shape index (κ3) is 3.79. The molecule has 1 N–H and O–H groups in total. The summed E-state index contributed by atoms with van der Waals surface area (Å²) in [6.07, 6.45) is 2.37. The first-order chi connectivity index (χ1) is 9.51. The predicted octanol–water partition coefficient (Wildman–Crippen LogP) is 1.32. The Bertz CT molecular complexity index is 601. The normalized spacial score (nSPS) is 17.8. The van der Waals surface area contributed by atoms with Gasteiger partial charge in [-0.15, -0.1) is 0 Å². The summed E-state index contributed by atoms with van der Waals surface area (Å²) in [5.74, 6) is 0. The van der Waals surface area contributed by atoms with Crippen molar-refractivity contribution < 1.29 is 8.42 Å². The third-order valence-electron chi connectivity index (χ3n) is 3.36. The van der Waals surface area contributed by atoms with Crippen LogP contribution in [-0.4, -0.2) is 39.0 Å². The van der Waals surface area contributed by atoms with Crippen LogP contribution >= 0.6 is 0 Å². The average molecular weight is 293 g/mol. The fourth-order valence-corrected chi connectivity index (χ4v) is 3.74. The Morgan fingerprint density at radius 2 is 2.10 bits per heavy atom. The van der Waals surface area contributed by atoms with Gasteiger partial charge in [0.25, 0.3) is 0 Å². The molecule has 1 heterocycles. The zero-order chi connectivity index (χ0) is 14.6. The fraction of sp³-hybridized carbons (Fsp3) is 0.500. The van der Waals surface area contributed by atoms with Crippen molar-refractivity contribution in [3.05, 3.63) is 29.8 Å². The molecule has 0 bridgehead atoms. The monoisotopic (exact) mass is 293 g/mol. The summed E-state index contributed by atoms with van der Waals surface area (Å²) in [4.78, 5) is 2.41. The van der Waals surface area contributed by atoms with Gasteiger partial charge in [0.1, 0.15) is 0 Å². The first-order valence-electron chi connectivity index (χ1n) is 6.76. The summed E-state index contributed by atoms with van der Waals surface area (Å²) in [5, 5.41) is 8.83. The van der Waals surface area contributed by atoms with Crippen LogP contribution in [0.4, 0.5) is 0 Å². The van der Waals surface area contributed by atoms with Gasteiger partial charge in [-0.25, -0.2) is 13.1 Å². The molecular weight excluding hydrogens is 274 g/mol. The predicted molar refractivity (Wildman–Crippen MR) is 76.6 cm³/mol. The van der Waals surface area contributed by atoms with E-state index in [1.165, 1.54) is 25.0 Å². The minimum Gasteiger partial charge on any atom is -0.302 e. The van der Waals surface area contributed by atoms with Gasteiger partial charge in [-0.2, -0.15) is 5.26 Å². The number of benzene rings is 1. The van der Waals surface area contributed by atoms with Gasteiger partial charge in [0.05, 0.1) is 16.5 Å². The first-order valence-corrected chi connectivity index (χ1v) is 8.24. The number of nitrogens with zero attached hydrogens (tertiary/aromatic N) is 2. The lowest BCUT2D eigenvalue weighted by Gasteiger charge is -2.21. The maximum absolute atomic E-state index is 12.2. The summed E-state index contributed by atoms with van der Waals surface area (Å²) >= 11 is 0. The van der Waals surface area contributed by atoms with Crippen molar-refractivity contribution in [3.8, 4) is 6.07 Å². The molecule has 6 heteroatoms. The zero-order valence-electron chi connectivity index (χ0n) is 11.5. The minimum absolute atomic E-state index is 0.143. The first kappa shape index (κ1) is 15.0. The molecule has 108 valence electrons. The quantitative estimate of drug-likeness (QED) is 0.888. The maximum Gasteiger partial charge on any atom is 0.240 e.